The van der Waals surface area contributed by atoms with Gasteiger partial charge in [0.05, 0.1) is 11.0 Å². The standard InChI is InChI=1S/C15H22N2O3/c1-5-20-14-9-13(15(14,3)4)16-11-7-6-10(2)12(8-11)17(18)19/h6-8,13-14,16H,5,9H2,1-4H3. The molecule has 1 aromatic carbocycles. The predicted octanol–water partition coefficient (Wildman–Crippen LogP) is 3.52. The molecule has 0 amide bonds. The molecule has 2 rings (SSSR count). The smallest absolute Gasteiger partial charge is 0.274 e. The van der Waals surface area contributed by atoms with Gasteiger partial charge in [-0.25, -0.2) is 0 Å². The Morgan fingerprint density at radius 2 is 2.20 bits per heavy atom. The highest BCUT2D eigenvalue weighted by Crippen LogP contribution is 2.44. The van der Waals surface area contributed by atoms with Gasteiger partial charge >= 0.3 is 0 Å². The molecular formula is C15H22N2O3. The van der Waals surface area contributed by atoms with Crippen LogP contribution >= 0.6 is 0 Å². The van der Waals surface area contributed by atoms with E-state index in [1.807, 2.05) is 13.0 Å². The van der Waals surface area contributed by atoms with Crippen LogP contribution in [0.25, 0.3) is 0 Å². The SMILES string of the molecule is CCOC1CC(Nc2ccc(C)c([N+](=O)[O-])c2)C1(C)C. The summed E-state index contributed by atoms with van der Waals surface area (Å²) in [6, 6.07) is 5.57. The molecular weight excluding hydrogens is 256 g/mol. The molecule has 5 nitrogen and oxygen atoms in total. The fourth-order valence-corrected chi connectivity index (χ4v) is 2.71. The fourth-order valence-electron chi connectivity index (χ4n) is 2.71. The summed E-state index contributed by atoms with van der Waals surface area (Å²) < 4.78 is 5.69. The minimum Gasteiger partial charge on any atom is -0.381 e. The molecule has 2 unspecified atom stereocenters. The molecule has 1 aliphatic carbocycles. The Bertz CT molecular complexity index is 514. The molecule has 1 fully saturated rings. The van der Waals surface area contributed by atoms with E-state index >= 15 is 0 Å². The quantitative estimate of drug-likeness (QED) is 0.661. The molecule has 0 heterocycles. The van der Waals surface area contributed by atoms with Crippen LogP contribution in [-0.4, -0.2) is 23.7 Å². The lowest BCUT2D eigenvalue weighted by Crippen LogP contribution is -2.58. The summed E-state index contributed by atoms with van der Waals surface area (Å²) in [5, 5.41) is 14.4. The van der Waals surface area contributed by atoms with Gasteiger partial charge in [0.1, 0.15) is 0 Å². The zero-order chi connectivity index (χ0) is 14.9. The van der Waals surface area contributed by atoms with E-state index in [-0.39, 0.29) is 28.2 Å². The number of hydrogen-bond acceptors (Lipinski definition) is 4. The monoisotopic (exact) mass is 278 g/mol. The maximum absolute atomic E-state index is 11.0. The van der Waals surface area contributed by atoms with Crippen molar-refractivity contribution in [3.8, 4) is 0 Å². The van der Waals surface area contributed by atoms with Crippen LogP contribution in [0.4, 0.5) is 11.4 Å². The first-order chi connectivity index (χ1) is 9.36. The van der Waals surface area contributed by atoms with Crippen LogP contribution < -0.4 is 5.32 Å². The van der Waals surface area contributed by atoms with Crippen LogP contribution in [-0.2, 0) is 4.74 Å². The summed E-state index contributed by atoms with van der Waals surface area (Å²) in [5.74, 6) is 0. The van der Waals surface area contributed by atoms with Crippen LogP contribution in [0.1, 0.15) is 32.8 Å². The third kappa shape index (κ3) is 2.63. The summed E-state index contributed by atoms with van der Waals surface area (Å²) in [5.41, 5.74) is 1.68. The van der Waals surface area contributed by atoms with Crippen molar-refractivity contribution in [3.05, 3.63) is 33.9 Å². The lowest BCUT2D eigenvalue weighted by Gasteiger charge is -2.52. The van der Waals surface area contributed by atoms with Gasteiger partial charge in [-0.05, 0) is 26.3 Å². The number of anilines is 1. The third-order valence-corrected chi connectivity index (χ3v) is 4.29. The zero-order valence-corrected chi connectivity index (χ0v) is 12.5. The summed E-state index contributed by atoms with van der Waals surface area (Å²) >= 11 is 0. The van der Waals surface area contributed by atoms with E-state index in [4.69, 9.17) is 4.74 Å². The van der Waals surface area contributed by atoms with Crippen molar-refractivity contribution in [1.29, 1.82) is 0 Å². The van der Waals surface area contributed by atoms with Gasteiger partial charge in [0.15, 0.2) is 0 Å². The van der Waals surface area contributed by atoms with Crippen molar-refractivity contribution in [1.82, 2.24) is 0 Å². The molecule has 0 saturated heterocycles. The summed E-state index contributed by atoms with van der Waals surface area (Å²) in [4.78, 5) is 10.6. The molecule has 0 aromatic heterocycles. The maximum atomic E-state index is 11.0. The number of benzene rings is 1. The molecule has 5 heteroatoms. The minimum atomic E-state index is -0.338. The second kappa shape index (κ2) is 5.40. The van der Waals surface area contributed by atoms with E-state index < -0.39 is 0 Å². The molecule has 0 radical (unpaired) electrons. The van der Waals surface area contributed by atoms with Gasteiger partial charge in [0.2, 0.25) is 0 Å². The van der Waals surface area contributed by atoms with Crippen molar-refractivity contribution >= 4 is 11.4 Å². The Morgan fingerprint density at radius 1 is 1.50 bits per heavy atom. The second-order valence-electron chi connectivity index (χ2n) is 5.96. The molecule has 20 heavy (non-hydrogen) atoms. The molecule has 0 aliphatic heterocycles. The molecule has 1 aliphatic rings. The van der Waals surface area contributed by atoms with Crippen LogP contribution in [0.5, 0.6) is 0 Å². The number of aryl methyl sites for hydroxylation is 1. The Labute approximate surface area is 119 Å². The molecule has 0 bridgehead atoms. The molecule has 1 aromatic rings. The number of nitro groups is 1. The maximum Gasteiger partial charge on any atom is 0.274 e. The number of hydrogen-bond donors (Lipinski definition) is 1. The van der Waals surface area contributed by atoms with E-state index in [9.17, 15) is 10.1 Å². The van der Waals surface area contributed by atoms with Gasteiger partial charge in [-0.2, -0.15) is 0 Å². The zero-order valence-electron chi connectivity index (χ0n) is 12.5. The van der Waals surface area contributed by atoms with Crippen molar-refractivity contribution in [3.63, 3.8) is 0 Å². The van der Waals surface area contributed by atoms with E-state index in [1.165, 1.54) is 0 Å². The second-order valence-corrected chi connectivity index (χ2v) is 5.96. The van der Waals surface area contributed by atoms with Crippen LogP contribution in [0.2, 0.25) is 0 Å². The van der Waals surface area contributed by atoms with Gasteiger partial charge in [-0.1, -0.05) is 19.9 Å². The molecule has 110 valence electrons. The Kier molecular flexibility index (Phi) is 3.99. The van der Waals surface area contributed by atoms with Gasteiger partial charge < -0.3 is 10.1 Å². The lowest BCUT2D eigenvalue weighted by molar-refractivity contribution is -0.385. The third-order valence-electron chi connectivity index (χ3n) is 4.29. The predicted molar refractivity (Wildman–Crippen MR) is 79.1 cm³/mol. The number of ether oxygens (including phenoxy) is 1. The van der Waals surface area contributed by atoms with Crippen molar-refractivity contribution < 1.29 is 9.66 Å². The lowest BCUT2D eigenvalue weighted by atomic mass is 9.64. The average Bonchev–Trinajstić information content (AvgIpc) is 2.39. The normalized spacial score (nSPS) is 24.0. The van der Waals surface area contributed by atoms with E-state index in [0.717, 1.165) is 18.7 Å². The Balaban J connectivity index is 2.09. The molecule has 0 spiro atoms. The Hall–Kier alpha value is -1.62. The highest BCUT2D eigenvalue weighted by atomic mass is 16.6. The van der Waals surface area contributed by atoms with Gasteiger partial charge in [0.25, 0.3) is 5.69 Å². The summed E-state index contributed by atoms with van der Waals surface area (Å²) in [7, 11) is 0. The van der Waals surface area contributed by atoms with Crippen molar-refractivity contribution in [2.75, 3.05) is 11.9 Å². The van der Waals surface area contributed by atoms with Crippen LogP contribution in [0.3, 0.4) is 0 Å². The van der Waals surface area contributed by atoms with Gasteiger partial charge in [0, 0.05) is 35.4 Å². The number of nitrogens with zero attached hydrogens (tertiary/aromatic N) is 1. The Morgan fingerprint density at radius 3 is 2.75 bits per heavy atom. The highest BCUT2D eigenvalue weighted by Gasteiger charge is 2.48. The van der Waals surface area contributed by atoms with Gasteiger partial charge in [-0.15, -0.1) is 0 Å². The molecule has 1 N–H and O–H groups in total. The largest absolute Gasteiger partial charge is 0.381 e. The van der Waals surface area contributed by atoms with Crippen molar-refractivity contribution in [2.45, 2.75) is 46.3 Å². The highest BCUT2D eigenvalue weighted by molar-refractivity contribution is 5.55. The fraction of sp³-hybridized carbons (Fsp3) is 0.600. The van der Waals surface area contributed by atoms with Crippen LogP contribution in [0.15, 0.2) is 18.2 Å². The number of nitrogens with one attached hydrogen (secondary N) is 1. The molecule has 1 saturated carbocycles. The van der Waals surface area contributed by atoms with E-state index in [0.29, 0.717) is 5.56 Å². The average molecular weight is 278 g/mol. The van der Waals surface area contributed by atoms with Crippen LogP contribution in [0, 0.1) is 22.5 Å². The minimum absolute atomic E-state index is 0.0374. The van der Waals surface area contributed by atoms with Crippen molar-refractivity contribution in [2.24, 2.45) is 5.41 Å². The first-order valence-corrected chi connectivity index (χ1v) is 6.99. The topological polar surface area (TPSA) is 64.4 Å². The first-order valence-electron chi connectivity index (χ1n) is 6.99. The van der Waals surface area contributed by atoms with Gasteiger partial charge in [-0.3, -0.25) is 10.1 Å². The van der Waals surface area contributed by atoms with E-state index in [1.54, 1.807) is 19.1 Å². The number of nitro benzene ring substituents is 1. The summed E-state index contributed by atoms with van der Waals surface area (Å²) in [6.07, 6.45) is 1.19. The molecule has 2 atom stereocenters. The first kappa shape index (κ1) is 14.8. The number of rotatable bonds is 5. The summed E-state index contributed by atoms with van der Waals surface area (Å²) in [6.45, 7) is 8.80. The van der Waals surface area contributed by atoms with E-state index in [2.05, 4.69) is 19.2 Å².